The van der Waals surface area contributed by atoms with Crippen LogP contribution in [0.1, 0.15) is 36.7 Å². The van der Waals surface area contributed by atoms with Crippen molar-refractivity contribution < 1.29 is 19.0 Å². The third-order valence-corrected chi connectivity index (χ3v) is 4.96. The highest BCUT2D eigenvalue weighted by Crippen LogP contribution is 2.35. The van der Waals surface area contributed by atoms with E-state index in [1.807, 2.05) is 9.47 Å². The van der Waals surface area contributed by atoms with Crippen molar-refractivity contribution in [3.05, 3.63) is 28.2 Å². The molecule has 138 valence electrons. The van der Waals surface area contributed by atoms with Crippen molar-refractivity contribution in [3.8, 4) is 5.75 Å². The second kappa shape index (κ2) is 7.58. The van der Waals surface area contributed by atoms with E-state index < -0.39 is 0 Å². The van der Waals surface area contributed by atoms with Gasteiger partial charge in [0.15, 0.2) is 11.4 Å². The number of methoxy groups -OCH3 is 1. The van der Waals surface area contributed by atoms with Gasteiger partial charge in [-0.1, -0.05) is 13.3 Å². The molecule has 1 spiro atoms. The summed E-state index contributed by atoms with van der Waals surface area (Å²) in [6, 6.07) is 1.48. The molecular weight excluding hydrogens is 324 g/mol. The zero-order valence-electron chi connectivity index (χ0n) is 15.0. The van der Waals surface area contributed by atoms with Crippen LogP contribution in [0.15, 0.2) is 17.1 Å². The Balaban J connectivity index is 2.00. The number of nitrogens with zero attached hydrogens (tertiary/aromatic N) is 2. The second-order valence-corrected chi connectivity index (χ2v) is 6.66. The number of fused-ring (bicyclic) bond motifs is 1. The lowest BCUT2D eigenvalue weighted by molar-refractivity contribution is 0.0139. The van der Waals surface area contributed by atoms with Crippen LogP contribution in [0.5, 0.6) is 5.75 Å². The molecule has 1 aromatic rings. The molecule has 0 bridgehead atoms. The minimum atomic E-state index is -0.377. The Bertz CT molecular complexity index is 679. The average Bonchev–Trinajstić information content (AvgIpc) is 3.06. The highest BCUT2D eigenvalue weighted by molar-refractivity contribution is 5.96. The first kappa shape index (κ1) is 17.9. The fourth-order valence-corrected chi connectivity index (χ4v) is 3.57. The zero-order chi connectivity index (χ0) is 17.9. The van der Waals surface area contributed by atoms with Gasteiger partial charge in [-0.25, -0.2) is 0 Å². The Morgan fingerprint density at radius 1 is 1.32 bits per heavy atom. The van der Waals surface area contributed by atoms with Gasteiger partial charge in [-0.05, 0) is 12.8 Å². The molecule has 1 amide bonds. The molecule has 7 heteroatoms. The minimum absolute atomic E-state index is 0.164. The normalized spacial score (nSPS) is 22.5. The maximum absolute atomic E-state index is 13.3. The first-order chi connectivity index (χ1) is 12.1. The molecule has 1 saturated heterocycles. The third-order valence-electron chi connectivity index (χ3n) is 4.96. The number of hydrogen-bond donors (Lipinski definition) is 0. The van der Waals surface area contributed by atoms with Gasteiger partial charge in [0, 0.05) is 39.1 Å². The highest BCUT2D eigenvalue weighted by atomic mass is 16.5. The smallest absolute Gasteiger partial charge is 0.275 e. The summed E-state index contributed by atoms with van der Waals surface area (Å²) in [6.07, 6.45) is 4.27. The number of ether oxygens (including phenoxy) is 3. The van der Waals surface area contributed by atoms with Crippen molar-refractivity contribution in [3.63, 3.8) is 0 Å². The lowest BCUT2D eigenvalue weighted by Gasteiger charge is -2.45. The van der Waals surface area contributed by atoms with Crippen molar-refractivity contribution >= 4 is 5.91 Å². The molecule has 2 aliphatic heterocycles. The van der Waals surface area contributed by atoms with Crippen molar-refractivity contribution in [2.24, 2.45) is 0 Å². The highest BCUT2D eigenvalue weighted by Gasteiger charge is 2.48. The molecule has 0 aliphatic carbocycles. The van der Waals surface area contributed by atoms with Gasteiger partial charge in [-0.3, -0.25) is 9.59 Å². The number of carbonyl (C=O) groups is 1. The fraction of sp³-hybridized carbons (Fsp3) is 0.667. The Hall–Kier alpha value is -1.86. The summed E-state index contributed by atoms with van der Waals surface area (Å²) < 4.78 is 18.3. The zero-order valence-corrected chi connectivity index (χ0v) is 15.0. The van der Waals surface area contributed by atoms with Crippen molar-refractivity contribution in [1.29, 1.82) is 0 Å². The van der Waals surface area contributed by atoms with Gasteiger partial charge < -0.3 is 23.7 Å². The number of pyridine rings is 1. The van der Waals surface area contributed by atoms with E-state index in [0.29, 0.717) is 45.2 Å². The fourth-order valence-electron chi connectivity index (χ4n) is 3.57. The van der Waals surface area contributed by atoms with Gasteiger partial charge in [0.1, 0.15) is 0 Å². The molecule has 1 fully saturated rings. The summed E-state index contributed by atoms with van der Waals surface area (Å²) in [5, 5.41) is 0. The van der Waals surface area contributed by atoms with Gasteiger partial charge in [-0.15, -0.1) is 0 Å². The van der Waals surface area contributed by atoms with Crippen LogP contribution in [0.25, 0.3) is 0 Å². The molecule has 3 rings (SSSR count). The number of rotatable bonds is 7. The Kier molecular flexibility index (Phi) is 5.44. The van der Waals surface area contributed by atoms with Crippen LogP contribution < -0.4 is 10.2 Å². The van der Waals surface area contributed by atoms with Crippen molar-refractivity contribution in [2.75, 3.05) is 40.1 Å². The molecule has 25 heavy (non-hydrogen) atoms. The van der Waals surface area contributed by atoms with E-state index in [1.165, 1.54) is 6.07 Å². The molecule has 0 radical (unpaired) electrons. The molecule has 0 aromatic carbocycles. The first-order valence-electron chi connectivity index (χ1n) is 8.88. The standard InChI is InChI=1S/C18H26N2O5/c1-3-4-9-25-16-14(21)5-7-19-12-18(6-10-24-13-18)20(8-11-23-2)17(22)15(16)19/h5,7H,3-4,6,8-13H2,1-2H3. The SMILES string of the molecule is CCCCOc1c2n(ccc1=O)CC1(CCOC1)N(CCOC)C2=O. The van der Waals surface area contributed by atoms with Crippen molar-refractivity contribution in [2.45, 2.75) is 38.3 Å². The number of unbranched alkanes of at least 4 members (excludes halogenated alkanes) is 1. The van der Waals surface area contributed by atoms with Gasteiger partial charge >= 0.3 is 0 Å². The molecule has 1 atom stereocenters. The monoisotopic (exact) mass is 350 g/mol. The largest absolute Gasteiger partial charge is 0.487 e. The van der Waals surface area contributed by atoms with E-state index in [2.05, 4.69) is 6.92 Å². The van der Waals surface area contributed by atoms with E-state index in [9.17, 15) is 9.59 Å². The molecule has 1 unspecified atom stereocenters. The maximum Gasteiger partial charge on any atom is 0.275 e. The number of hydrogen-bond acceptors (Lipinski definition) is 5. The van der Waals surface area contributed by atoms with E-state index in [4.69, 9.17) is 14.2 Å². The summed E-state index contributed by atoms with van der Waals surface area (Å²) in [5.74, 6) is -0.0184. The van der Waals surface area contributed by atoms with E-state index >= 15 is 0 Å². The average molecular weight is 350 g/mol. The van der Waals surface area contributed by atoms with Crippen LogP contribution in [0.2, 0.25) is 0 Å². The predicted octanol–water partition coefficient (Wildman–Crippen LogP) is 1.29. The van der Waals surface area contributed by atoms with Crippen LogP contribution in [-0.2, 0) is 16.0 Å². The molecular formula is C18H26N2O5. The summed E-state index contributed by atoms with van der Waals surface area (Å²) >= 11 is 0. The van der Waals surface area contributed by atoms with Crippen LogP contribution in [0.3, 0.4) is 0 Å². The molecule has 2 aliphatic rings. The molecule has 1 aromatic heterocycles. The van der Waals surface area contributed by atoms with Crippen LogP contribution in [0, 0.1) is 0 Å². The predicted molar refractivity (Wildman–Crippen MR) is 92.2 cm³/mol. The molecule has 0 saturated carbocycles. The number of carbonyl (C=O) groups excluding carboxylic acids is 1. The van der Waals surface area contributed by atoms with E-state index in [0.717, 1.165) is 19.3 Å². The maximum atomic E-state index is 13.3. The lowest BCUT2D eigenvalue weighted by atomic mass is 9.92. The number of amides is 1. The second-order valence-electron chi connectivity index (χ2n) is 6.66. The topological polar surface area (TPSA) is 70.0 Å². The van der Waals surface area contributed by atoms with Gasteiger partial charge in [-0.2, -0.15) is 0 Å². The summed E-state index contributed by atoms with van der Waals surface area (Å²) in [5.41, 5.74) is -0.281. The summed E-state index contributed by atoms with van der Waals surface area (Å²) in [6.45, 7) is 5.13. The van der Waals surface area contributed by atoms with Crippen LogP contribution >= 0.6 is 0 Å². The summed E-state index contributed by atoms with van der Waals surface area (Å²) in [7, 11) is 1.62. The molecule has 3 heterocycles. The van der Waals surface area contributed by atoms with E-state index in [-0.39, 0.29) is 22.6 Å². The van der Waals surface area contributed by atoms with Crippen molar-refractivity contribution in [1.82, 2.24) is 9.47 Å². The van der Waals surface area contributed by atoms with E-state index in [1.54, 1.807) is 13.3 Å². The van der Waals surface area contributed by atoms with Crippen LogP contribution in [0.4, 0.5) is 0 Å². The molecule has 0 N–H and O–H groups in total. The first-order valence-corrected chi connectivity index (χ1v) is 8.88. The number of aromatic nitrogens is 1. The van der Waals surface area contributed by atoms with Gasteiger partial charge in [0.25, 0.3) is 5.91 Å². The Morgan fingerprint density at radius 2 is 2.16 bits per heavy atom. The quantitative estimate of drug-likeness (QED) is 0.693. The molecule has 7 nitrogen and oxygen atoms in total. The lowest BCUT2D eigenvalue weighted by Crippen LogP contribution is -2.60. The van der Waals surface area contributed by atoms with Gasteiger partial charge in [0.05, 0.1) is 25.4 Å². The summed E-state index contributed by atoms with van der Waals surface area (Å²) in [4.78, 5) is 27.4. The van der Waals surface area contributed by atoms with Gasteiger partial charge in [0.2, 0.25) is 5.43 Å². The third kappa shape index (κ3) is 3.30. The Morgan fingerprint density at radius 3 is 2.84 bits per heavy atom. The van der Waals surface area contributed by atoms with Crippen LogP contribution in [-0.4, -0.2) is 61.0 Å². The Labute approximate surface area is 147 Å². The minimum Gasteiger partial charge on any atom is -0.487 e.